The van der Waals surface area contributed by atoms with Crippen molar-refractivity contribution in [2.45, 2.75) is 63.4 Å². The molecule has 3 aliphatic carbocycles. The lowest BCUT2D eigenvalue weighted by atomic mass is 9.52. The van der Waals surface area contributed by atoms with Gasteiger partial charge in [0.15, 0.2) is 0 Å². The average molecular weight is 391 g/mol. The molecular formula is C25H27FN2O. The summed E-state index contributed by atoms with van der Waals surface area (Å²) in [5, 5.41) is 20.9. The van der Waals surface area contributed by atoms with Gasteiger partial charge in [0, 0.05) is 18.8 Å². The lowest BCUT2D eigenvalue weighted by Gasteiger charge is -2.53. The molecule has 1 aromatic heterocycles. The third-order valence-corrected chi connectivity index (χ3v) is 8.53. The molecule has 3 nitrogen and oxygen atoms in total. The van der Waals surface area contributed by atoms with Crippen molar-refractivity contribution in [3.63, 3.8) is 0 Å². The predicted molar refractivity (Wildman–Crippen MR) is 109 cm³/mol. The summed E-state index contributed by atoms with van der Waals surface area (Å²) in [4.78, 5) is 4.10. The van der Waals surface area contributed by atoms with Crippen molar-refractivity contribution >= 4 is 0 Å². The molecule has 0 amide bonds. The van der Waals surface area contributed by atoms with Gasteiger partial charge in [-0.15, -0.1) is 0 Å². The molecule has 0 radical (unpaired) electrons. The molecule has 0 spiro atoms. The van der Waals surface area contributed by atoms with E-state index < -0.39 is 5.60 Å². The molecule has 4 heteroatoms. The summed E-state index contributed by atoms with van der Waals surface area (Å²) in [5.74, 6) is 0.986. The number of rotatable bonds is 2. The largest absolute Gasteiger partial charge is 0.389 e. The van der Waals surface area contributed by atoms with Gasteiger partial charge in [0.2, 0.25) is 0 Å². The van der Waals surface area contributed by atoms with Crippen LogP contribution in [-0.2, 0) is 12.8 Å². The average Bonchev–Trinajstić information content (AvgIpc) is 2.99. The van der Waals surface area contributed by atoms with Crippen LogP contribution < -0.4 is 0 Å². The van der Waals surface area contributed by atoms with Gasteiger partial charge in [-0.25, -0.2) is 4.39 Å². The van der Waals surface area contributed by atoms with Gasteiger partial charge in [-0.2, -0.15) is 5.26 Å². The van der Waals surface area contributed by atoms with E-state index in [1.807, 2.05) is 24.3 Å². The molecule has 3 unspecified atom stereocenters. The van der Waals surface area contributed by atoms with Gasteiger partial charge in [0.1, 0.15) is 11.9 Å². The Bertz CT molecular complexity index is 984. The summed E-state index contributed by atoms with van der Waals surface area (Å²) < 4.78 is 14.8. The number of halogens is 1. The quantitative estimate of drug-likeness (QED) is 0.792. The molecule has 1 heterocycles. The summed E-state index contributed by atoms with van der Waals surface area (Å²) >= 11 is 0. The SMILES string of the molecule is C[C@]12CCC3c4ccc(C#N)c(F)c4CCC3C1CC[C@@]2(O)Cc1ccncc1. The van der Waals surface area contributed by atoms with Crippen molar-refractivity contribution in [2.24, 2.45) is 17.3 Å². The highest BCUT2D eigenvalue weighted by molar-refractivity contribution is 5.44. The van der Waals surface area contributed by atoms with Gasteiger partial charge < -0.3 is 5.11 Å². The van der Waals surface area contributed by atoms with Crippen LogP contribution in [0.3, 0.4) is 0 Å². The first-order chi connectivity index (χ1) is 14.0. The fourth-order valence-corrected chi connectivity index (χ4v) is 6.95. The first-order valence-electron chi connectivity index (χ1n) is 10.8. The third kappa shape index (κ3) is 2.67. The van der Waals surface area contributed by atoms with Crippen LogP contribution in [0.1, 0.15) is 67.2 Å². The zero-order valence-corrected chi connectivity index (χ0v) is 16.9. The van der Waals surface area contributed by atoms with Crippen LogP contribution in [0.15, 0.2) is 36.7 Å². The summed E-state index contributed by atoms with van der Waals surface area (Å²) in [5.41, 5.74) is 2.38. The minimum Gasteiger partial charge on any atom is -0.389 e. The number of aliphatic hydroxyl groups is 1. The maximum absolute atomic E-state index is 14.8. The van der Waals surface area contributed by atoms with E-state index in [4.69, 9.17) is 5.26 Å². The van der Waals surface area contributed by atoms with Gasteiger partial charge in [-0.05, 0) is 96.6 Å². The van der Waals surface area contributed by atoms with Crippen LogP contribution in [0.25, 0.3) is 0 Å². The maximum Gasteiger partial charge on any atom is 0.144 e. The first kappa shape index (κ1) is 18.8. The number of pyridine rings is 1. The Hall–Kier alpha value is -2.25. The molecule has 150 valence electrons. The normalized spacial score (nSPS) is 35.3. The van der Waals surface area contributed by atoms with E-state index >= 15 is 0 Å². The highest BCUT2D eigenvalue weighted by atomic mass is 19.1. The summed E-state index contributed by atoms with van der Waals surface area (Å²) in [6, 6.07) is 9.64. The van der Waals surface area contributed by atoms with Crippen molar-refractivity contribution in [2.75, 3.05) is 0 Å². The van der Waals surface area contributed by atoms with Gasteiger partial charge in [0.05, 0.1) is 11.2 Å². The van der Waals surface area contributed by atoms with E-state index in [-0.39, 0.29) is 16.8 Å². The van der Waals surface area contributed by atoms with Crippen molar-refractivity contribution in [3.8, 4) is 6.07 Å². The molecule has 5 atom stereocenters. The Morgan fingerprint density at radius 3 is 2.72 bits per heavy atom. The van der Waals surface area contributed by atoms with E-state index in [1.54, 1.807) is 18.5 Å². The highest BCUT2D eigenvalue weighted by Gasteiger charge is 2.61. The molecule has 29 heavy (non-hydrogen) atoms. The molecule has 5 rings (SSSR count). The van der Waals surface area contributed by atoms with E-state index in [0.29, 0.717) is 30.6 Å². The topological polar surface area (TPSA) is 56.9 Å². The minimum atomic E-state index is -0.694. The van der Waals surface area contributed by atoms with E-state index in [2.05, 4.69) is 11.9 Å². The standard InChI is InChI=1S/C25H27FN2O/c1-24-10-6-19-18-3-2-17(15-27)23(26)21(18)5-4-20(19)22(24)7-11-25(24,29)14-16-8-12-28-13-9-16/h2-3,8-9,12-13,19-20,22,29H,4-7,10-11,14H2,1H3/t19?,20?,22?,24-,25+/m0/s1. The molecule has 2 saturated carbocycles. The fourth-order valence-electron chi connectivity index (χ4n) is 6.95. The maximum atomic E-state index is 14.8. The van der Waals surface area contributed by atoms with E-state index in [1.165, 1.54) is 0 Å². The summed E-state index contributed by atoms with van der Waals surface area (Å²) in [7, 11) is 0. The molecule has 1 N–H and O–H groups in total. The van der Waals surface area contributed by atoms with Gasteiger partial charge in [0.25, 0.3) is 0 Å². The molecular weight excluding hydrogens is 363 g/mol. The van der Waals surface area contributed by atoms with Crippen LogP contribution in [0, 0.1) is 34.4 Å². The number of nitrogens with zero attached hydrogens (tertiary/aromatic N) is 2. The second kappa shape index (κ2) is 6.64. The lowest BCUT2D eigenvalue weighted by Crippen LogP contribution is -2.52. The Morgan fingerprint density at radius 1 is 1.17 bits per heavy atom. The number of benzene rings is 1. The van der Waals surface area contributed by atoms with Gasteiger partial charge >= 0.3 is 0 Å². The van der Waals surface area contributed by atoms with E-state index in [0.717, 1.165) is 48.8 Å². The van der Waals surface area contributed by atoms with Gasteiger partial charge in [-0.1, -0.05) is 13.0 Å². The molecule has 3 aliphatic rings. The third-order valence-electron chi connectivity index (χ3n) is 8.53. The molecule has 2 aromatic rings. The Labute approximate surface area is 171 Å². The van der Waals surface area contributed by atoms with Gasteiger partial charge in [-0.3, -0.25) is 4.98 Å². The first-order valence-corrected chi connectivity index (χ1v) is 10.8. The lowest BCUT2D eigenvalue weighted by molar-refractivity contribution is -0.102. The van der Waals surface area contributed by atoms with Crippen molar-refractivity contribution < 1.29 is 9.50 Å². The molecule has 0 bridgehead atoms. The van der Waals surface area contributed by atoms with Crippen LogP contribution in [0.4, 0.5) is 4.39 Å². The van der Waals surface area contributed by atoms with Crippen LogP contribution in [-0.4, -0.2) is 15.7 Å². The Morgan fingerprint density at radius 2 is 1.97 bits per heavy atom. The number of hydrogen-bond donors (Lipinski definition) is 1. The van der Waals surface area contributed by atoms with E-state index in [9.17, 15) is 9.50 Å². The monoisotopic (exact) mass is 390 g/mol. The molecule has 0 aliphatic heterocycles. The highest BCUT2D eigenvalue weighted by Crippen LogP contribution is 2.64. The Balaban J connectivity index is 1.46. The predicted octanol–water partition coefficient (Wildman–Crippen LogP) is 4.92. The number of nitriles is 1. The smallest absolute Gasteiger partial charge is 0.144 e. The summed E-state index contributed by atoms with van der Waals surface area (Å²) in [6.45, 7) is 2.29. The number of aromatic nitrogens is 1. The zero-order valence-electron chi connectivity index (χ0n) is 16.9. The van der Waals surface area contributed by atoms with Crippen LogP contribution in [0.2, 0.25) is 0 Å². The summed E-state index contributed by atoms with van der Waals surface area (Å²) in [6.07, 6.45) is 9.73. The molecule has 2 fully saturated rings. The number of hydrogen-bond acceptors (Lipinski definition) is 3. The minimum absolute atomic E-state index is 0.111. The van der Waals surface area contributed by atoms with Crippen LogP contribution >= 0.6 is 0 Å². The van der Waals surface area contributed by atoms with Crippen molar-refractivity contribution in [3.05, 3.63) is 64.7 Å². The number of fused-ring (bicyclic) bond motifs is 5. The molecule has 0 saturated heterocycles. The fraction of sp³-hybridized carbons (Fsp3) is 0.520. The Kier molecular flexibility index (Phi) is 4.29. The molecule has 1 aromatic carbocycles. The van der Waals surface area contributed by atoms with Crippen molar-refractivity contribution in [1.82, 2.24) is 4.98 Å². The zero-order chi connectivity index (χ0) is 20.2. The second-order valence-corrected chi connectivity index (χ2v) is 9.58. The van der Waals surface area contributed by atoms with Crippen LogP contribution in [0.5, 0.6) is 0 Å². The second-order valence-electron chi connectivity index (χ2n) is 9.58. The van der Waals surface area contributed by atoms with Crippen molar-refractivity contribution in [1.29, 1.82) is 5.26 Å².